The SMILES string of the molecule is CC(=O)c1cccc(NS(=O)(=O)c2ccccc2N)c1. The minimum absolute atomic E-state index is 0.00762. The van der Waals surface area contributed by atoms with Gasteiger partial charge >= 0.3 is 0 Å². The van der Waals surface area contributed by atoms with Gasteiger partial charge in [0.25, 0.3) is 10.0 Å². The van der Waals surface area contributed by atoms with E-state index in [-0.39, 0.29) is 16.4 Å². The lowest BCUT2D eigenvalue weighted by Gasteiger charge is -2.10. The van der Waals surface area contributed by atoms with Crippen LogP contribution in [0.25, 0.3) is 0 Å². The average Bonchev–Trinajstić information content (AvgIpc) is 2.38. The Bertz CT molecular complexity index is 755. The Hall–Kier alpha value is -2.34. The van der Waals surface area contributed by atoms with Gasteiger partial charge in [0.15, 0.2) is 5.78 Å². The molecule has 0 fully saturated rings. The van der Waals surface area contributed by atoms with Gasteiger partial charge in [-0.25, -0.2) is 8.42 Å². The lowest BCUT2D eigenvalue weighted by atomic mass is 10.1. The summed E-state index contributed by atoms with van der Waals surface area (Å²) in [5.41, 5.74) is 6.59. The van der Waals surface area contributed by atoms with Crippen LogP contribution in [0.5, 0.6) is 0 Å². The van der Waals surface area contributed by atoms with E-state index in [0.717, 1.165) is 0 Å². The number of hydrogen-bond acceptors (Lipinski definition) is 4. The molecule has 0 bridgehead atoms. The Labute approximate surface area is 117 Å². The van der Waals surface area contributed by atoms with Crippen molar-refractivity contribution < 1.29 is 13.2 Å². The Morgan fingerprint density at radius 3 is 2.45 bits per heavy atom. The van der Waals surface area contributed by atoms with Crippen LogP contribution in [0, 0.1) is 0 Å². The number of sulfonamides is 1. The van der Waals surface area contributed by atoms with E-state index in [1.807, 2.05) is 0 Å². The predicted molar refractivity (Wildman–Crippen MR) is 78.1 cm³/mol. The van der Waals surface area contributed by atoms with Gasteiger partial charge in [0.2, 0.25) is 0 Å². The number of hydrogen-bond donors (Lipinski definition) is 2. The molecule has 0 spiro atoms. The van der Waals surface area contributed by atoms with Crippen molar-refractivity contribution in [2.45, 2.75) is 11.8 Å². The fourth-order valence-corrected chi connectivity index (χ4v) is 2.92. The highest BCUT2D eigenvalue weighted by Gasteiger charge is 2.17. The summed E-state index contributed by atoms with van der Waals surface area (Å²) >= 11 is 0. The van der Waals surface area contributed by atoms with Crippen LogP contribution in [0.15, 0.2) is 53.4 Å². The Morgan fingerprint density at radius 1 is 1.10 bits per heavy atom. The second kappa shape index (κ2) is 5.34. The minimum atomic E-state index is -3.77. The maximum absolute atomic E-state index is 12.2. The van der Waals surface area contributed by atoms with Gasteiger partial charge in [-0.05, 0) is 31.2 Å². The molecule has 0 aliphatic heterocycles. The van der Waals surface area contributed by atoms with Crippen LogP contribution in [0.2, 0.25) is 0 Å². The van der Waals surface area contributed by atoms with Crippen molar-refractivity contribution in [2.24, 2.45) is 0 Å². The van der Waals surface area contributed by atoms with Gasteiger partial charge in [0.05, 0.1) is 5.69 Å². The highest BCUT2D eigenvalue weighted by atomic mass is 32.2. The topological polar surface area (TPSA) is 89.3 Å². The van der Waals surface area contributed by atoms with Crippen molar-refractivity contribution in [2.75, 3.05) is 10.5 Å². The standard InChI is InChI=1S/C14H14N2O3S/c1-10(17)11-5-4-6-12(9-11)16-20(18,19)14-8-3-2-7-13(14)15/h2-9,16H,15H2,1H3. The monoisotopic (exact) mass is 290 g/mol. The molecule has 104 valence electrons. The fraction of sp³-hybridized carbons (Fsp3) is 0.0714. The van der Waals surface area contributed by atoms with E-state index < -0.39 is 10.0 Å². The number of carbonyl (C=O) groups is 1. The third-order valence-electron chi connectivity index (χ3n) is 2.73. The first-order chi connectivity index (χ1) is 9.40. The molecule has 0 heterocycles. The summed E-state index contributed by atoms with van der Waals surface area (Å²) < 4.78 is 26.9. The van der Waals surface area contributed by atoms with Crippen LogP contribution < -0.4 is 10.5 Å². The van der Waals surface area contributed by atoms with Crippen LogP contribution in [-0.2, 0) is 10.0 Å². The van der Waals surface area contributed by atoms with Crippen LogP contribution in [-0.4, -0.2) is 14.2 Å². The van der Waals surface area contributed by atoms with Crippen LogP contribution >= 0.6 is 0 Å². The van der Waals surface area contributed by atoms with Gasteiger partial charge in [-0.1, -0.05) is 24.3 Å². The summed E-state index contributed by atoms with van der Waals surface area (Å²) in [5.74, 6) is -0.134. The molecule has 0 saturated heterocycles. The van der Waals surface area contributed by atoms with Crippen molar-refractivity contribution in [3.05, 3.63) is 54.1 Å². The largest absolute Gasteiger partial charge is 0.398 e. The lowest BCUT2D eigenvalue weighted by Crippen LogP contribution is -2.15. The molecule has 0 aliphatic rings. The normalized spacial score (nSPS) is 11.1. The zero-order valence-corrected chi connectivity index (χ0v) is 11.6. The van der Waals surface area contributed by atoms with Crippen molar-refractivity contribution >= 4 is 27.2 Å². The van der Waals surface area contributed by atoms with E-state index in [0.29, 0.717) is 11.3 Å². The zero-order valence-electron chi connectivity index (χ0n) is 10.8. The molecule has 3 N–H and O–H groups in total. The maximum atomic E-state index is 12.2. The number of rotatable bonds is 4. The molecule has 0 unspecified atom stereocenters. The summed E-state index contributed by atoms with van der Waals surface area (Å²) in [6, 6.07) is 12.5. The molecule has 0 radical (unpaired) electrons. The third-order valence-corrected chi connectivity index (χ3v) is 4.19. The number of anilines is 2. The fourth-order valence-electron chi connectivity index (χ4n) is 1.74. The van der Waals surface area contributed by atoms with Crippen molar-refractivity contribution in [1.29, 1.82) is 0 Å². The van der Waals surface area contributed by atoms with E-state index in [4.69, 9.17) is 5.73 Å². The molecule has 0 saturated carbocycles. The second-order valence-corrected chi connectivity index (χ2v) is 5.93. The highest BCUT2D eigenvalue weighted by Crippen LogP contribution is 2.21. The molecule has 2 aromatic rings. The van der Waals surface area contributed by atoms with Crippen molar-refractivity contribution in [3.63, 3.8) is 0 Å². The maximum Gasteiger partial charge on any atom is 0.263 e. The second-order valence-electron chi connectivity index (χ2n) is 4.28. The number of Topliss-reactive ketones (excluding diaryl/α,β-unsaturated/α-hetero) is 1. The van der Waals surface area contributed by atoms with E-state index in [9.17, 15) is 13.2 Å². The molecule has 2 rings (SSSR count). The van der Waals surface area contributed by atoms with E-state index >= 15 is 0 Å². The van der Waals surface area contributed by atoms with Crippen LogP contribution in [0.1, 0.15) is 17.3 Å². The number of carbonyl (C=O) groups excluding carboxylic acids is 1. The molecule has 5 nitrogen and oxygen atoms in total. The summed E-state index contributed by atoms with van der Waals surface area (Å²) in [6.45, 7) is 1.42. The quantitative estimate of drug-likeness (QED) is 0.667. The predicted octanol–water partition coefficient (Wildman–Crippen LogP) is 2.27. The highest BCUT2D eigenvalue weighted by molar-refractivity contribution is 7.92. The van der Waals surface area contributed by atoms with Gasteiger partial charge in [-0.15, -0.1) is 0 Å². The average molecular weight is 290 g/mol. The number of ketones is 1. The summed E-state index contributed by atoms with van der Waals surface area (Å²) in [6.07, 6.45) is 0. The van der Waals surface area contributed by atoms with E-state index in [1.54, 1.807) is 30.3 Å². The molecule has 2 aromatic carbocycles. The first-order valence-electron chi connectivity index (χ1n) is 5.88. The van der Waals surface area contributed by atoms with Crippen molar-refractivity contribution in [1.82, 2.24) is 0 Å². The number of nitrogens with one attached hydrogen (secondary N) is 1. The number of benzene rings is 2. The van der Waals surface area contributed by atoms with Gasteiger partial charge < -0.3 is 5.73 Å². The molecule has 0 amide bonds. The van der Waals surface area contributed by atoms with Gasteiger partial charge in [0.1, 0.15) is 4.90 Å². The van der Waals surface area contributed by atoms with Crippen molar-refractivity contribution in [3.8, 4) is 0 Å². The Balaban J connectivity index is 2.36. The molecular weight excluding hydrogens is 276 g/mol. The molecule has 6 heteroatoms. The zero-order chi connectivity index (χ0) is 14.8. The Kier molecular flexibility index (Phi) is 3.76. The summed E-state index contributed by atoms with van der Waals surface area (Å²) in [4.78, 5) is 11.3. The molecule has 20 heavy (non-hydrogen) atoms. The smallest absolute Gasteiger partial charge is 0.263 e. The third kappa shape index (κ3) is 2.97. The number of nitrogen functional groups attached to an aromatic ring is 1. The molecule has 0 aliphatic carbocycles. The van der Waals surface area contributed by atoms with Gasteiger partial charge in [0, 0.05) is 11.3 Å². The number of nitrogens with two attached hydrogens (primary N) is 1. The van der Waals surface area contributed by atoms with Gasteiger partial charge in [-0.3, -0.25) is 9.52 Å². The van der Waals surface area contributed by atoms with Crippen LogP contribution in [0.3, 0.4) is 0 Å². The van der Waals surface area contributed by atoms with Gasteiger partial charge in [-0.2, -0.15) is 0 Å². The molecular formula is C14H14N2O3S. The Morgan fingerprint density at radius 2 is 1.80 bits per heavy atom. The first-order valence-corrected chi connectivity index (χ1v) is 7.37. The van der Waals surface area contributed by atoms with E-state index in [2.05, 4.69) is 4.72 Å². The number of para-hydroxylation sites is 1. The molecule has 0 atom stereocenters. The first kappa shape index (κ1) is 14.1. The summed E-state index contributed by atoms with van der Waals surface area (Å²) in [5, 5.41) is 0. The lowest BCUT2D eigenvalue weighted by molar-refractivity contribution is 0.101. The summed E-state index contributed by atoms with van der Waals surface area (Å²) in [7, 11) is -3.77. The van der Waals surface area contributed by atoms with Crippen LogP contribution in [0.4, 0.5) is 11.4 Å². The molecule has 0 aromatic heterocycles. The minimum Gasteiger partial charge on any atom is -0.398 e. The van der Waals surface area contributed by atoms with E-state index in [1.165, 1.54) is 25.1 Å².